The van der Waals surface area contributed by atoms with Crippen molar-refractivity contribution in [1.29, 1.82) is 0 Å². The molecule has 0 bridgehead atoms. The molecule has 0 unspecified atom stereocenters. The molecule has 3 amide bonds. The summed E-state index contributed by atoms with van der Waals surface area (Å²) in [5.41, 5.74) is 0.217. The zero-order chi connectivity index (χ0) is 15.3. The van der Waals surface area contributed by atoms with Crippen LogP contribution in [0.3, 0.4) is 0 Å². The topological polar surface area (TPSA) is 103 Å². The third-order valence-electron chi connectivity index (χ3n) is 2.45. The first-order valence-electron chi connectivity index (χ1n) is 5.72. The number of hydrogen-bond donors (Lipinski definition) is 2. The fourth-order valence-corrected chi connectivity index (χ4v) is 1.26. The van der Waals surface area contributed by atoms with E-state index in [1.165, 1.54) is 35.3 Å². The van der Waals surface area contributed by atoms with E-state index in [9.17, 15) is 14.4 Å². The molecule has 8 heteroatoms. The van der Waals surface area contributed by atoms with Gasteiger partial charge in [-0.2, -0.15) is 0 Å². The van der Waals surface area contributed by atoms with E-state index in [1.807, 2.05) is 0 Å². The Hall–Kier alpha value is -2.64. The molecule has 108 valence electrons. The average Bonchev–Trinajstić information content (AvgIpc) is 2.38. The van der Waals surface area contributed by atoms with Crippen LogP contribution in [-0.4, -0.2) is 65.5 Å². The summed E-state index contributed by atoms with van der Waals surface area (Å²) in [5, 5.41) is 11.3. The molecular formula is C12H16N4O4. The minimum absolute atomic E-state index is 0.0326. The van der Waals surface area contributed by atoms with E-state index in [4.69, 9.17) is 5.11 Å². The summed E-state index contributed by atoms with van der Waals surface area (Å²) in [6, 6.07) is 0.763. The molecule has 0 aliphatic rings. The number of likely N-dealkylation sites (N-methyl/N-ethyl adjacent to an activating group) is 2. The van der Waals surface area contributed by atoms with Gasteiger partial charge in [0.15, 0.2) is 0 Å². The van der Waals surface area contributed by atoms with Crippen LogP contribution in [0.25, 0.3) is 0 Å². The summed E-state index contributed by atoms with van der Waals surface area (Å²) in [6.07, 6.45) is 2.50. The zero-order valence-electron chi connectivity index (χ0n) is 11.5. The fraction of sp³-hybridized carbons (Fsp3) is 0.333. The predicted molar refractivity (Wildman–Crippen MR) is 71.5 cm³/mol. The van der Waals surface area contributed by atoms with Crippen molar-refractivity contribution in [1.82, 2.24) is 14.8 Å². The number of aromatic carboxylic acids is 1. The fourth-order valence-electron chi connectivity index (χ4n) is 1.26. The van der Waals surface area contributed by atoms with Crippen LogP contribution in [0.1, 0.15) is 10.4 Å². The number of urea groups is 1. The quantitative estimate of drug-likeness (QED) is 0.827. The number of carbonyl (C=O) groups excluding carboxylic acids is 2. The molecule has 0 saturated heterocycles. The Morgan fingerprint density at radius 2 is 1.90 bits per heavy atom. The summed E-state index contributed by atoms with van der Waals surface area (Å²) in [4.78, 5) is 40.3. The molecule has 0 saturated carbocycles. The Bertz CT molecular complexity index is 530. The van der Waals surface area contributed by atoms with Gasteiger partial charge in [0.25, 0.3) is 0 Å². The van der Waals surface area contributed by atoms with Crippen LogP contribution in [0.2, 0.25) is 0 Å². The Morgan fingerprint density at radius 3 is 2.45 bits per heavy atom. The maximum absolute atomic E-state index is 11.8. The van der Waals surface area contributed by atoms with Gasteiger partial charge in [0.1, 0.15) is 6.54 Å². The van der Waals surface area contributed by atoms with Gasteiger partial charge in [-0.05, 0) is 6.07 Å². The van der Waals surface area contributed by atoms with Crippen molar-refractivity contribution in [2.45, 2.75) is 0 Å². The second kappa shape index (κ2) is 6.50. The molecule has 0 aromatic carbocycles. The minimum atomic E-state index is -1.13. The van der Waals surface area contributed by atoms with Crippen LogP contribution in [-0.2, 0) is 4.79 Å². The maximum atomic E-state index is 11.8. The molecule has 0 atom stereocenters. The lowest BCUT2D eigenvalue weighted by atomic mass is 10.2. The first-order valence-corrected chi connectivity index (χ1v) is 5.72. The van der Waals surface area contributed by atoms with Crippen LogP contribution in [0.15, 0.2) is 18.5 Å². The smallest absolute Gasteiger partial charge is 0.337 e. The van der Waals surface area contributed by atoms with E-state index in [0.717, 1.165) is 0 Å². The molecule has 20 heavy (non-hydrogen) atoms. The summed E-state index contributed by atoms with van der Waals surface area (Å²) < 4.78 is 0. The van der Waals surface area contributed by atoms with E-state index in [1.54, 1.807) is 14.1 Å². The SMILES string of the molecule is CN(C)C(=O)CN(C)C(=O)Nc1cncc(C(=O)O)c1. The number of rotatable bonds is 4. The van der Waals surface area contributed by atoms with Crippen molar-refractivity contribution < 1.29 is 19.5 Å². The number of carboxylic acids is 1. The number of anilines is 1. The molecule has 0 radical (unpaired) electrons. The summed E-state index contributed by atoms with van der Waals surface area (Å²) >= 11 is 0. The van der Waals surface area contributed by atoms with Gasteiger partial charge in [-0.25, -0.2) is 9.59 Å². The van der Waals surface area contributed by atoms with Crippen molar-refractivity contribution in [2.24, 2.45) is 0 Å². The van der Waals surface area contributed by atoms with Crippen LogP contribution < -0.4 is 5.32 Å². The Labute approximate surface area is 116 Å². The highest BCUT2D eigenvalue weighted by molar-refractivity contribution is 5.94. The lowest BCUT2D eigenvalue weighted by Crippen LogP contribution is -2.39. The molecule has 0 fully saturated rings. The van der Waals surface area contributed by atoms with Crippen LogP contribution >= 0.6 is 0 Å². The first-order chi connectivity index (χ1) is 9.31. The second-order valence-electron chi connectivity index (χ2n) is 4.34. The highest BCUT2D eigenvalue weighted by atomic mass is 16.4. The number of carbonyl (C=O) groups is 3. The number of nitrogens with one attached hydrogen (secondary N) is 1. The second-order valence-corrected chi connectivity index (χ2v) is 4.34. The largest absolute Gasteiger partial charge is 0.478 e. The van der Waals surface area contributed by atoms with Crippen molar-refractivity contribution in [3.63, 3.8) is 0 Å². The van der Waals surface area contributed by atoms with Crippen LogP contribution in [0, 0.1) is 0 Å². The van der Waals surface area contributed by atoms with E-state index >= 15 is 0 Å². The highest BCUT2D eigenvalue weighted by Crippen LogP contribution is 2.09. The standard InChI is InChI=1S/C12H16N4O4/c1-15(2)10(17)7-16(3)12(20)14-9-4-8(11(18)19)5-13-6-9/h4-6H,7H2,1-3H3,(H,14,20)(H,18,19). The van der Waals surface area contributed by atoms with Crippen molar-refractivity contribution in [3.8, 4) is 0 Å². The number of amides is 3. The van der Waals surface area contributed by atoms with E-state index in [0.29, 0.717) is 0 Å². The van der Waals surface area contributed by atoms with Gasteiger partial charge < -0.3 is 20.2 Å². The Balaban J connectivity index is 2.68. The highest BCUT2D eigenvalue weighted by Gasteiger charge is 2.14. The molecular weight excluding hydrogens is 264 g/mol. The van der Waals surface area contributed by atoms with Gasteiger partial charge in [0.05, 0.1) is 17.4 Å². The lowest BCUT2D eigenvalue weighted by molar-refractivity contribution is -0.129. The molecule has 1 aromatic rings. The van der Waals surface area contributed by atoms with Gasteiger partial charge in [-0.1, -0.05) is 0 Å². The summed E-state index contributed by atoms with van der Waals surface area (Å²) in [6.45, 7) is -0.0785. The first kappa shape index (κ1) is 15.4. The van der Waals surface area contributed by atoms with Crippen molar-refractivity contribution >= 4 is 23.6 Å². The number of aromatic nitrogens is 1. The molecule has 1 rings (SSSR count). The molecule has 2 N–H and O–H groups in total. The van der Waals surface area contributed by atoms with E-state index < -0.39 is 12.0 Å². The summed E-state index contributed by atoms with van der Waals surface area (Å²) in [5.74, 6) is -1.36. The lowest BCUT2D eigenvalue weighted by Gasteiger charge is -2.19. The number of nitrogens with zero attached hydrogens (tertiary/aromatic N) is 3. The van der Waals surface area contributed by atoms with Crippen molar-refractivity contribution in [2.75, 3.05) is 33.0 Å². The number of pyridine rings is 1. The van der Waals surface area contributed by atoms with Gasteiger partial charge in [0, 0.05) is 27.3 Å². The molecule has 1 aromatic heterocycles. The Kier molecular flexibility index (Phi) is 5.01. The third-order valence-corrected chi connectivity index (χ3v) is 2.45. The van der Waals surface area contributed by atoms with E-state index in [-0.39, 0.29) is 23.7 Å². The maximum Gasteiger partial charge on any atom is 0.337 e. The Morgan fingerprint density at radius 1 is 1.25 bits per heavy atom. The minimum Gasteiger partial charge on any atom is -0.478 e. The molecule has 1 heterocycles. The van der Waals surface area contributed by atoms with Gasteiger partial charge in [-0.15, -0.1) is 0 Å². The molecule has 0 spiro atoms. The normalized spacial score (nSPS) is 9.75. The zero-order valence-corrected chi connectivity index (χ0v) is 11.5. The van der Waals surface area contributed by atoms with Crippen LogP contribution in [0.5, 0.6) is 0 Å². The molecule has 8 nitrogen and oxygen atoms in total. The van der Waals surface area contributed by atoms with Gasteiger partial charge >= 0.3 is 12.0 Å². The average molecular weight is 280 g/mol. The number of carboxylic acid groups (broad SMARTS) is 1. The third kappa shape index (κ3) is 4.23. The van der Waals surface area contributed by atoms with Gasteiger partial charge in [-0.3, -0.25) is 9.78 Å². The predicted octanol–water partition coefficient (Wildman–Crippen LogP) is 0.332. The van der Waals surface area contributed by atoms with E-state index in [2.05, 4.69) is 10.3 Å². The van der Waals surface area contributed by atoms with Gasteiger partial charge in [0.2, 0.25) is 5.91 Å². The monoisotopic (exact) mass is 280 g/mol. The number of hydrogen-bond acceptors (Lipinski definition) is 4. The molecule has 0 aliphatic carbocycles. The molecule has 0 aliphatic heterocycles. The summed E-state index contributed by atoms with van der Waals surface area (Å²) in [7, 11) is 4.65. The van der Waals surface area contributed by atoms with Crippen LogP contribution in [0.4, 0.5) is 10.5 Å². The van der Waals surface area contributed by atoms with Crippen molar-refractivity contribution in [3.05, 3.63) is 24.0 Å².